The second-order valence-electron chi connectivity index (χ2n) is 5.65. The van der Waals surface area contributed by atoms with E-state index in [0.29, 0.717) is 12.1 Å². The Hall–Kier alpha value is -0.154. The second-order valence-corrected chi connectivity index (χ2v) is 5.65. The van der Waals surface area contributed by atoms with E-state index in [2.05, 4.69) is 15.2 Å². The number of rotatable bonds is 4. The van der Waals surface area contributed by atoms with E-state index < -0.39 is 0 Å². The van der Waals surface area contributed by atoms with Crippen LogP contribution in [-0.2, 0) is 7.05 Å². The number of nitrogens with one attached hydrogen (secondary N) is 1. The minimum atomic E-state index is -0.138. The first-order chi connectivity index (χ1) is 10.1. The van der Waals surface area contributed by atoms with Crippen molar-refractivity contribution in [2.45, 2.75) is 18.9 Å². The van der Waals surface area contributed by atoms with Gasteiger partial charge in [-0.3, -0.25) is 4.79 Å². The summed E-state index contributed by atoms with van der Waals surface area (Å²) in [6.45, 7) is 3.46. The van der Waals surface area contributed by atoms with Crippen LogP contribution in [0.5, 0.6) is 0 Å². The predicted molar refractivity (Wildman–Crippen MR) is 83.1 cm³/mol. The van der Waals surface area contributed by atoms with Gasteiger partial charge in [-0.2, -0.15) is 0 Å². The van der Waals surface area contributed by atoms with Crippen molar-refractivity contribution >= 4 is 16.6 Å². The molecule has 22 heavy (non-hydrogen) atoms. The molecule has 0 bridgehead atoms. The fourth-order valence-electron chi connectivity index (χ4n) is 2.83. The van der Waals surface area contributed by atoms with Gasteiger partial charge in [0.1, 0.15) is 5.52 Å². The number of hydrogen-bond acceptors (Lipinski definition) is 3. The molecule has 0 aromatic carbocycles. The minimum absolute atomic E-state index is 0. The summed E-state index contributed by atoms with van der Waals surface area (Å²) in [7, 11) is 1.74. The maximum absolute atomic E-state index is 12.0. The Labute approximate surface area is 172 Å². The van der Waals surface area contributed by atoms with E-state index in [1.54, 1.807) is 24.0 Å². The quantitative estimate of drug-likeness (QED) is 0.659. The van der Waals surface area contributed by atoms with Crippen LogP contribution >= 0.6 is 0 Å². The van der Waals surface area contributed by atoms with E-state index in [4.69, 9.17) is 0 Å². The monoisotopic (exact) mass is 328 g/mol. The zero-order valence-corrected chi connectivity index (χ0v) is 16.4. The van der Waals surface area contributed by atoms with Crippen LogP contribution < -0.4 is 56.9 Å². The molecule has 7 heteroatoms. The van der Waals surface area contributed by atoms with Crippen molar-refractivity contribution in [2.75, 3.05) is 26.2 Å². The number of nitrogens with zero attached hydrogens (tertiary/aromatic N) is 3. The van der Waals surface area contributed by atoms with Gasteiger partial charge in [-0.15, -0.1) is 12.2 Å². The Balaban J connectivity index is 0.00000176. The van der Waals surface area contributed by atoms with Gasteiger partial charge in [0.05, 0.1) is 6.10 Å². The number of aliphatic hydroxyl groups is 1. The molecule has 0 saturated carbocycles. The van der Waals surface area contributed by atoms with Crippen molar-refractivity contribution in [3.8, 4) is 0 Å². The topological polar surface area (TPSA) is 75.4 Å². The van der Waals surface area contributed by atoms with Gasteiger partial charge in [-0.1, -0.05) is 0 Å². The Morgan fingerprint density at radius 3 is 2.86 bits per heavy atom. The summed E-state index contributed by atoms with van der Waals surface area (Å²) in [4.78, 5) is 17.3. The molecule has 0 spiro atoms. The van der Waals surface area contributed by atoms with Crippen LogP contribution in [0.1, 0.15) is 12.8 Å². The van der Waals surface area contributed by atoms with Gasteiger partial charge in [0.2, 0.25) is 0 Å². The standard InChI is InChI=1S/C15H21N4O2.K/c1-18-10-13(12-2-5-17-14(12)15(18)21)16-6-9-19-7-3-11(20)4-8-19;/h2,5,10-11,20H,3-4,6-9H2,1H3,(H,17,21);/q-1;+1. The Morgan fingerprint density at radius 2 is 2.14 bits per heavy atom. The minimum Gasteiger partial charge on any atom is -0.682 e. The number of pyridine rings is 1. The van der Waals surface area contributed by atoms with Crippen molar-refractivity contribution in [3.63, 3.8) is 0 Å². The molecule has 1 aliphatic heterocycles. The van der Waals surface area contributed by atoms with Crippen molar-refractivity contribution in [3.05, 3.63) is 34.1 Å². The summed E-state index contributed by atoms with van der Waals surface area (Å²) in [6.07, 6.45) is 5.13. The van der Waals surface area contributed by atoms with Crippen LogP contribution in [0.2, 0.25) is 0 Å². The number of hydrogen-bond donors (Lipinski definition) is 2. The van der Waals surface area contributed by atoms with Crippen molar-refractivity contribution in [2.24, 2.45) is 7.05 Å². The third kappa shape index (κ3) is 4.03. The van der Waals surface area contributed by atoms with Crippen molar-refractivity contribution in [1.82, 2.24) is 14.5 Å². The second kappa shape index (κ2) is 8.10. The third-order valence-corrected chi connectivity index (χ3v) is 4.13. The number of aromatic nitrogens is 2. The largest absolute Gasteiger partial charge is 1.00 e. The number of aliphatic hydroxyl groups excluding tert-OH is 1. The molecule has 3 rings (SSSR count). The number of aryl methyl sites for hydroxylation is 1. The predicted octanol–water partition coefficient (Wildman–Crippen LogP) is -1.67. The zero-order valence-electron chi connectivity index (χ0n) is 13.2. The first-order valence-corrected chi connectivity index (χ1v) is 7.40. The summed E-state index contributed by atoms with van der Waals surface area (Å²) in [5.41, 5.74) is 1.43. The molecule has 0 aliphatic carbocycles. The SMILES string of the molecule is Cn1cc([N-]CCN2CCC(O)CC2)c2cc[nH]c2c1=O.[K+]. The van der Waals surface area contributed by atoms with Crippen molar-refractivity contribution < 1.29 is 56.5 Å². The molecule has 3 heterocycles. The van der Waals surface area contributed by atoms with Gasteiger partial charge in [-0.25, -0.2) is 0 Å². The Morgan fingerprint density at radius 1 is 1.41 bits per heavy atom. The van der Waals surface area contributed by atoms with E-state index in [1.807, 2.05) is 6.07 Å². The molecule has 2 N–H and O–H groups in total. The summed E-state index contributed by atoms with van der Waals surface area (Å²) in [6, 6.07) is 1.90. The fraction of sp³-hybridized carbons (Fsp3) is 0.533. The number of fused-ring (bicyclic) bond motifs is 1. The zero-order chi connectivity index (χ0) is 14.8. The fourth-order valence-corrected chi connectivity index (χ4v) is 2.83. The molecular weight excluding hydrogens is 307 g/mol. The first-order valence-electron chi connectivity index (χ1n) is 7.40. The number of aromatic amines is 1. The molecule has 1 fully saturated rings. The molecular formula is C15H21KN4O2. The molecule has 0 radical (unpaired) electrons. The number of piperidine rings is 1. The Kier molecular flexibility index (Phi) is 6.69. The molecule has 0 amide bonds. The molecule has 2 aromatic heterocycles. The molecule has 6 nitrogen and oxygen atoms in total. The van der Waals surface area contributed by atoms with Crippen LogP contribution in [0.4, 0.5) is 5.69 Å². The third-order valence-electron chi connectivity index (χ3n) is 4.13. The van der Waals surface area contributed by atoms with Crippen LogP contribution in [0.25, 0.3) is 16.2 Å². The summed E-state index contributed by atoms with van der Waals surface area (Å²) < 4.78 is 1.56. The molecule has 0 unspecified atom stereocenters. The van der Waals surface area contributed by atoms with Crippen LogP contribution in [0, 0.1) is 0 Å². The van der Waals surface area contributed by atoms with E-state index >= 15 is 0 Å². The number of H-pyrrole nitrogens is 1. The van der Waals surface area contributed by atoms with Crippen LogP contribution in [-0.4, -0.2) is 51.8 Å². The molecule has 0 atom stereocenters. The van der Waals surface area contributed by atoms with Gasteiger partial charge in [0.15, 0.2) is 0 Å². The average Bonchev–Trinajstić information content (AvgIpc) is 2.96. The van der Waals surface area contributed by atoms with Gasteiger partial charge in [0.25, 0.3) is 5.56 Å². The van der Waals surface area contributed by atoms with Gasteiger partial charge >= 0.3 is 51.4 Å². The molecule has 1 aliphatic rings. The van der Waals surface area contributed by atoms with E-state index in [-0.39, 0.29) is 63.0 Å². The van der Waals surface area contributed by atoms with E-state index in [9.17, 15) is 9.90 Å². The summed E-state index contributed by atoms with van der Waals surface area (Å²) in [5.74, 6) is 0. The molecule has 1 saturated heterocycles. The van der Waals surface area contributed by atoms with E-state index in [1.165, 1.54) is 0 Å². The summed E-state index contributed by atoms with van der Waals surface area (Å²) in [5, 5.41) is 15.0. The summed E-state index contributed by atoms with van der Waals surface area (Å²) >= 11 is 0. The van der Waals surface area contributed by atoms with Crippen LogP contribution in [0.15, 0.2) is 23.3 Å². The van der Waals surface area contributed by atoms with Crippen molar-refractivity contribution in [1.29, 1.82) is 0 Å². The smallest absolute Gasteiger partial charge is 0.682 e. The average molecular weight is 328 g/mol. The van der Waals surface area contributed by atoms with Gasteiger partial charge < -0.3 is 24.9 Å². The first kappa shape index (κ1) is 18.2. The molecule has 2 aromatic rings. The normalized spacial score (nSPS) is 16.6. The van der Waals surface area contributed by atoms with Gasteiger partial charge in [0, 0.05) is 26.3 Å². The van der Waals surface area contributed by atoms with Gasteiger partial charge in [-0.05, 0) is 37.0 Å². The number of likely N-dealkylation sites (tertiary alicyclic amines) is 1. The van der Waals surface area contributed by atoms with Crippen LogP contribution in [0.3, 0.4) is 0 Å². The van der Waals surface area contributed by atoms with E-state index in [0.717, 1.165) is 43.5 Å². The molecule has 114 valence electrons. The maximum atomic E-state index is 12.0. The maximum Gasteiger partial charge on any atom is 1.00 e. The Bertz CT molecular complexity index is 674.